The number of carbonyl (C=O) groups excluding carboxylic acids is 1. The Morgan fingerprint density at radius 1 is 1.29 bits per heavy atom. The van der Waals surface area contributed by atoms with E-state index in [0.29, 0.717) is 35.8 Å². The number of halogens is 1. The first-order valence-electron chi connectivity index (χ1n) is 7.23. The number of H-pyrrole nitrogens is 1. The molecule has 0 saturated heterocycles. The van der Waals surface area contributed by atoms with Gasteiger partial charge in [-0.1, -0.05) is 0 Å². The predicted octanol–water partition coefficient (Wildman–Crippen LogP) is 2.26. The first-order chi connectivity index (χ1) is 11.7. The topological polar surface area (TPSA) is 105 Å². The van der Waals surface area contributed by atoms with Gasteiger partial charge in [-0.25, -0.2) is 4.98 Å². The normalized spacial score (nSPS) is 10.6. The maximum atomic E-state index is 11.1. The Morgan fingerprint density at radius 2 is 2.08 bits per heavy atom. The molecule has 0 aliphatic heterocycles. The lowest BCUT2D eigenvalue weighted by atomic mass is 10.3. The van der Waals surface area contributed by atoms with Crippen LogP contribution in [0.3, 0.4) is 0 Å². The molecular formula is C15H15ClN6O2. The molecule has 2 aromatic heterocycles. The van der Waals surface area contributed by atoms with E-state index in [1.807, 2.05) is 12.1 Å². The molecule has 3 aromatic rings. The number of aromatic nitrogens is 4. The lowest BCUT2D eigenvalue weighted by Gasteiger charge is -2.09. The first-order valence-corrected chi connectivity index (χ1v) is 7.60. The summed E-state index contributed by atoms with van der Waals surface area (Å²) < 4.78 is 5.51. The molecule has 0 bridgehead atoms. The van der Waals surface area contributed by atoms with Crippen molar-refractivity contribution in [2.24, 2.45) is 0 Å². The second-order valence-corrected chi connectivity index (χ2v) is 5.20. The van der Waals surface area contributed by atoms with Crippen LogP contribution in [0, 0.1) is 0 Å². The van der Waals surface area contributed by atoms with Crippen molar-refractivity contribution in [1.29, 1.82) is 0 Å². The van der Waals surface area contributed by atoms with Crippen molar-refractivity contribution < 1.29 is 9.53 Å². The van der Waals surface area contributed by atoms with Gasteiger partial charge in [0.05, 0.1) is 19.4 Å². The Bertz CT molecular complexity index is 849. The monoisotopic (exact) mass is 346 g/mol. The molecule has 0 unspecified atom stereocenters. The van der Waals surface area contributed by atoms with E-state index in [2.05, 4.69) is 30.6 Å². The lowest BCUT2D eigenvalue weighted by Crippen LogP contribution is -2.20. The summed E-state index contributed by atoms with van der Waals surface area (Å²) in [5.41, 5.74) is 1.97. The zero-order chi connectivity index (χ0) is 16.9. The SMILES string of the molecule is CNC(=O)CCOc1ccc(Nc2nc(Cl)nc3nc[nH]c23)cc1. The molecule has 0 atom stereocenters. The van der Waals surface area contributed by atoms with Crippen molar-refractivity contribution in [3.8, 4) is 5.75 Å². The van der Waals surface area contributed by atoms with Gasteiger partial charge in [-0.15, -0.1) is 0 Å². The van der Waals surface area contributed by atoms with E-state index < -0.39 is 0 Å². The quantitative estimate of drug-likeness (QED) is 0.591. The summed E-state index contributed by atoms with van der Waals surface area (Å²) in [7, 11) is 1.60. The summed E-state index contributed by atoms with van der Waals surface area (Å²) in [6.07, 6.45) is 1.85. The van der Waals surface area contributed by atoms with Crippen LogP contribution in [0.1, 0.15) is 6.42 Å². The number of aromatic amines is 1. The highest BCUT2D eigenvalue weighted by atomic mass is 35.5. The van der Waals surface area contributed by atoms with E-state index in [4.69, 9.17) is 16.3 Å². The molecule has 0 aliphatic rings. The molecule has 2 heterocycles. The number of imidazole rings is 1. The van der Waals surface area contributed by atoms with Gasteiger partial charge in [-0.05, 0) is 35.9 Å². The van der Waals surface area contributed by atoms with Crippen molar-refractivity contribution in [3.05, 3.63) is 35.9 Å². The summed E-state index contributed by atoms with van der Waals surface area (Å²) in [5.74, 6) is 1.16. The number of benzene rings is 1. The summed E-state index contributed by atoms with van der Waals surface area (Å²) in [4.78, 5) is 26.4. The number of nitrogens with zero attached hydrogens (tertiary/aromatic N) is 3. The van der Waals surface area contributed by atoms with Crippen LogP contribution >= 0.6 is 11.6 Å². The second-order valence-electron chi connectivity index (χ2n) is 4.86. The number of hydrogen-bond acceptors (Lipinski definition) is 6. The maximum absolute atomic E-state index is 11.1. The third-order valence-electron chi connectivity index (χ3n) is 3.25. The molecule has 0 fully saturated rings. The number of amides is 1. The van der Waals surface area contributed by atoms with Crippen molar-refractivity contribution in [1.82, 2.24) is 25.3 Å². The van der Waals surface area contributed by atoms with Crippen molar-refractivity contribution in [3.63, 3.8) is 0 Å². The van der Waals surface area contributed by atoms with Gasteiger partial charge in [0, 0.05) is 12.7 Å². The van der Waals surface area contributed by atoms with Crippen LogP contribution in [0.25, 0.3) is 11.2 Å². The molecule has 1 amide bonds. The Labute approximate surface area is 142 Å². The number of rotatable bonds is 6. The summed E-state index contributed by atoms with van der Waals surface area (Å²) in [6.45, 7) is 0.322. The molecule has 3 N–H and O–H groups in total. The molecule has 124 valence electrons. The Kier molecular flexibility index (Phi) is 4.76. The fraction of sp³-hybridized carbons (Fsp3) is 0.200. The number of nitrogens with one attached hydrogen (secondary N) is 3. The zero-order valence-corrected chi connectivity index (χ0v) is 13.6. The van der Waals surface area contributed by atoms with Gasteiger partial charge < -0.3 is 20.4 Å². The van der Waals surface area contributed by atoms with Crippen LogP contribution in [0.5, 0.6) is 5.75 Å². The molecule has 3 rings (SSSR count). The largest absolute Gasteiger partial charge is 0.493 e. The summed E-state index contributed by atoms with van der Waals surface area (Å²) >= 11 is 5.90. The molecule has 0 spiro atoms. The molecular weight excluding hydrogens is 332 g/mol. The Hall–Kier alpha value is -2.87. The fourth-order valence-corrected chi connectivity index (χ4v) is 2.22. The van der Waals surface area contributed by atoms with Gasteiger partial charge in [-0.2, -0.15) is 9.97 Å². The van der Waals surface area contributed by atoms with Gasteiger partial charge in [0.1, 0.15) is 11.3 Å². The third-order valence-corrected chi connectivity index (χ3v) is 3.42. The van der Waals surface area contributed by atoms with E-state index in [9.17, 15) is 4.79 Å². The maximum Gasteiger partial charge on any atom is 0.226 e. The van der Waals surface area contributed by atoms with E-state index in [1.165, 1.54) is 6.33 Å². The van der Waals surface area contributed by atoms with Gasteiger partial charge in [-0.3, -0.25) is 4.79 Å². The van der Waals surface area contributed by atoms with Crippen LogP contribution in [0.4, 0.5) is 11.5 Å². The molecule has 9 heteroatoms. The van der Waals surface area contributed by atoms with Crippen molar-refractivity contribution in [2.75, 3.05) is 19.0 Å². The van der Waals surface area contributed by atoms with Gasteiger partial charge in [0.25, 0.3) is 0 Å². The van der Waals surface area contributed by atoms with Crippen LogP contribution in [-0.4, -0.2) is 39.5 Å². The molecule has 8 nitrogen and oxygen atoms in total. The minimum Gasteiger partial charge on any atom is -0.493 e. The second kappa shape index (κ2) is 7.14. The molecule has 24 heavy (non-hydrogen) atoms. The van der Waals surface area contributed by atoms with Gasteiger partial charge >= 0.3 is 0 Å². The highest BCUT2D eigenvalue weighted by Crippen LogP contribution is 2.24. The highest BCUT2D eigenvalue weighted by Gasteiger charge is 2.09. The highest BCUT2D eigenvalue weighted by molar-refractivity contribution is 6.28. The molecule has 1 aromatic carbocycles. The fourth-order valence-electron chi connectivity index (χ4n) is 2.05. The van der Waals surface area contributed by atoms with Crippen LogP contribution in [0.15, 0.2) is 30.6 Å². The standard InChI is InChI=1S/C15H15ClN6O2/c1-17-11(23)6-7-24-10-4-2-9(3-5-10)20-14-12-13(19-8-18-12)21-15(16)22-14/h2-5,8H,6-7H2,1H3,(H,17,23)(H2,18,19,20,21,22). The molecule has 0 aliphatic carbocycles. The van der Waals surface area contributed by atoms with Crippen LogP contribution in [-0.2, 0) is 4.79 Å². The molecule has 0 saturated carbocycles. The number of anilines is 2. The first kappa shape index (κ1) is 16.0. The number of carbonyl (C=O) groups is 1. The zero-order valence-electron chi connectivity index (χ0n) is 12.8. The van der Waals surface area contributed by atoms with Crippen LogP contribution < -0.4 is 15.4 Å². The smallest absolute Gasteiger partial charge is 0.226 e. The minimum absolute atomic E-state index is 0.0579. The minimum atomic E-state index is -0.0579. The number of hydrogen-bond donors (Lipinski definition) is 3. The lowest BCUT2D eigenvalue weighted by molar-refractivity contribution is -0.121. The Balaban J connectivity index is 1.67. The van der Waals surface area contributed by atoms with Crippen molar-refractivity contribution in [2.45, 2.75) is 6.42 Å². The van der Waals surface area contributed by atoms with Crippen LogP contribution in [0.2, 0.25) is 5.28 Å². The van der Waals surface area contributed by atoms with E-state index >= 15 is 0 Å². The van der Waals surface area contributed by atoms with Gasteiger partial charge in [0.2, 0.25) is 11.2 Å². The average Bonchev–Trinajstić information content (AvgIpc) is 3.04. The number of ether oxygens (including phenoxy) is 1. The summed E-state index contributed by atoms with van der Waals surface area (Å²) in [5, 5.41) is 5.82. The summed E-state index contributed by atoms with van der Waals surface area (Å²) in [6, 6.07) is 7.29. The average molecular weight is 347 g/mol. The predicted molar refractivity (Wildman–Crippen MR) is 90.6 cm³/mol. The van der Waals surface area contributed by atoms with Gasteiger partial charge in [0.15, 0.2) is 11.5 Å². The van der Waals surface area contributed by atoms with E-state index in [1.54, 1.807) is 19.2 Å². The third kappa shape index (κ3) is 3.72. The molecule has 0 radical (unpaired) electrons. The Morgan fingerprint density at radius 3 is 2.83 bits per heavy atom. The van der Waals surface area contributed by atoms with Crippen molar-refractivity contribution >= 4 is 40.2 Å². The van der Waals surface area contributed by atoms with E-state index in [-0.39, 0.29) is 11.2 Å². The number of fused-ring (bicyclic) bond motifs is 1. The van der Waals surface area contributed by atoms with E-state index in [0.717, 1.165) is 5.69 Å².